The molecule has 116 valence electrons. The van der Waals surface area contributed by atoms with Gasteiger partial charge < -0.3 is 15.8 Å². The maximum absolute atomic E-state index is 13.5. The first-order chi connectivity index (χ1) is 9.86. The van der Waals surface area contributed by atoms with E-state index < -0.39 is 35.2 Å². The molecule has 0 radical (unpaired) electrons. The fourth-order valence-corrected chi connectivity index (χ4v) is 1.53. The molecule has 21 heavy (non-hydrogen) atoms. The van der Waals surface area contributed by atoms with Crippen LogP contribution in [0.5, 0.6) is 0 Å². The minimum Gasteiger partial charge on any atom is -0.449 e. The van der Waals surface area contributed by atoms with Gasteiger partial charge in [0.1, 0.15) is 11.6 Å². The quantitative estimate of drug-likeness (QED) is 0.478. The van der Waals surface area contributed by atoms with Gasteiger partial charge in [-0.3, -0.25) is 4.79 Å². The summed E-state index contributed by atoms with van der Waals surface area (Å²) in [7, 11) is 0. The largest absolute Gasteiger partial charge is 0.449 e. The lowest BCUT2D eigenvalue weighted by molar-refractivity contribution is -0.129. The molecule has 5 nitrogen and oxygen atoms in total. The minimum atomic E-state index is -1.09. The summed E-state index contributed by atoms with van der Waals surface area (Å²) >= 11 is 0. The van der Waals surface area contributed by atoms with Gasteiger partial charge in [0.05, 0.1) is 11.3 Å². The summed E-state index contributed by atoms with van der Waals surface area (Å²) in [6.45, 7) is 3.80. The Labute approximate surface area is 121 Å². The molecule has 0 spiro atoms. The highest BCUT2D eigenvalue weighted by atomic mass is 19.1. The molecule has 0 saturated heterocycles. The van der Waals surface area contributed by atoms with Crippen molar-refractivity contribution in [1.82, 2.24) is 5.32 Å². The third-order valence-electron chi connectivity index (χ3n) is 2.79. The topological polar surface area (TPSA) is 81.4 Å². The van der Waals surface area contributed by atoms with Crippen molar-refractivity contribution in [3.8, 4) is 0 Å². The van der Waals surface area contributed by atoms with Crippen molar-refractivity contribution in [1.29, 1.82) is 0 Å². The molecule has 0 aromatic heterocycles. The van der Waals surface area contributed by atoms with Gasteiger partial charge in [0, 0.05) is 12.6 Å². The smallest absolute Gasteiger partial charge is 0.341 e. The zero-order chi connectivity index (χ0) is 16.0. The Morgan fingerprint density at radius 1 is 1.33 bits per heavy atom. The highest BCUT2D eigenvalue weighted by molar-refractivity contribution is 5.93. The number of carbonyl (C=O) groups excluding carboxylic acids is 2. The number of nitrogen functional groups attached to an aromatic ring is 1. The van der Waals surface area contributed by atoms with Crippen LogP contribution in [0.4, 0.5) is 14.5 Å². The Morgan fingerprint density at radius 2 is 2.00 bits per heavy atom. The van der Waals surface area contributed by atoms with Crippen molar-refractivity contribution >= 4 is 17.6 Å². The van der Waals surface area contributed by atoms with E-state index in [4.69, 9.17) is 10.5 Å². The van der Waals surface area contributed by atoms with E-state index in [2.05, 4.69) is 5.32 Å². The van der Waals surface area contributed by atoms with Gasteiger partial charge in [-0.05, 0) is 19.4 Å². The number of esters is 1. The SMILES string of the molecule is CCCCNC(=O)C(C)OC(=O)c1cc(N)c(F)cc1F. The molecule has 1 aromatic rings. The van der Waals surface area contributed by atoms with E-state index in [-0.39, 0.29) is 5.69 Å². The third-order valence-corrected chi connectivity index (χ3v) is 2.79. The van der Waals surface area contributed by atoms with Crippen LogP contribution >= 0.6 is 0 Å². The molecule has 3 N–H and O–H groups in total. The Hall–Kier alpha value is -2.18. The average Bonchev–Trinajstić information content (AvgIpc) is 2.42. The Bertz CT molecular complexity index is 535. The summed E-state index contributed by atoms with van der Waals surface area (Å²) in [5, 5.41) is 2.58. The summed E-state index contributed by atoms with van der Waals surface area (Å²) in [6, 6.07) is 1.34. The summed E-state index contributed by atoms with van der Waals surface area (Å²) in [6.07, 6.45) is 0.629. The number of nitrogens with two attached hydrogens (primary N) is 1. The number of anilines is 1. The lowest BCUT2D eigenvalue weighted by atomic mass is 10.2. The normalized spacial score (nSPS) is 11.8. The van der Waals surface area contributed by atoms with Crippen molar-refractivity contribution in [2.75, 3.05) is 12.3 Å². The molecular formula is C14H18F2N2O3. The first kappa shape index (κ1) is 16.9. The molecule has 1 aromatic carbocycles. The Morgan fingerprint density at radius 3 is 2.62 bits per heavy atom. The molecular weight excluding hydrogens is 282 g/mol. The fraction of sp³-hybridized carbons (Fsp3) is 0.429. The lowest BCUT2D eigenvalue weighted by Gasteiger charge is -2.14. The van der Waals surface area contributed by atoms with E-state index >= 15 is 0 Å². The van der Waals surface area contributed by atoms with Crippen LogP contribution in [-0.4, -0.2) is 24.5 Å². The molecule has 0 aliphatic heterocycles. The molecule has 1 rings (SSSR count). The van der Waals surface area contributed by atoms with Crippen LogP contribution in [0.25, 0.3) is 0 Å². The van der Waals surface area contributed by atoms with E-state index in [1.807, 2.05) is 6.92 Å². The van der Waals surface area contributed by atoms with Crippen LogP contribution in [0.1, 0.15) is 37.0 Å². The average molecular weight is 300 g/mol. The second kappa shape index (κ2) is 7.56. The van der Waals surface area contributed by atoms with Gasteiger partial charge in [-0.2, -0.15) is 0 Å². The number of halogens is 2. The number of rotatable bonds is 6. The van der Waals surface area contributed by atoms with Crippen LogP contribution in [0, 0.1) is 11.6 Å². The standard InChI is InChI=1S/C14H18F2N2O3/c1-3-4-5-18-13(19)8(2)21-14(20)9-6-12(17)11(16)7-10(9)15/h6-8H,3-5,17H2,1-2H3,(H,18,19). The van der Waals surface area contributed by atoms with Crippen molar-refractivity contribution in [2.45, 2.75) is 32.8 Å². The van der Waals surface area contributed by atoms with E-state index in [0.717, 1.165) is 18.9 Å². The molecule has 0 saturated carbocycles. The highest BCUT2D eigenvalue weighted by Crippen LogP contribution is 2.18. The first-order valence-electron chi connectivity index (χ1n) is 6.60. The summed E-state index contributed by atoms with van der Waals surface area (Å²) < 4.78 is 31.3. The summed E-state index contributed by atoms with van der Waals surface area (Å²) in [5.74, 6) is -3.61. The Kier molecular flexibility index (Phi) is 6.08. The number of nitrogens with one attached hydrogen (secondary N) is 1. The molecule has 0 fully saturated rings. The van der Waals surface area contributed by atoms with E-state index in [1.165, 1.54) is 6.92 Å². The van der Waals surface area contributed by atoms with Crippen LogP contribution < -0.4 is 11.1 Å². The molecule has 7 heteroatoms. The molecule has 1 amide bonds. The number of carbonyl (C=O) groups is 2. The van der Waals surface area contributed by atoms with Gasteiger partial charge in [0.25, 0.3) is 5.91 Å². The zero-order valence-corrected chi connectivity index (χ0v) is 11.9. The molecule has 0 aliphatic carbocycles. The zero-order valence-electron chi connectivity index (χ0n) is 11.9. The van der Waals surface area contributed by atoms with Crippen LogP contribution in [-0.2, 0) is 9.53 Å². The van der Waals surface area contributed by atoms with Gasteiger partial charge in [0.2, 0.25) is 0 Å². The number of unbranched alkanes of at least 4 members (excludes halogenated alkanes) is 1. The predicted molar refractivity (Wildman–Crippen MR) is 73.6 cm³/mol. The van der Waals surface area contributed by atoms with Gasteiger partial charge in [0.15, 0.2) is 6.10 Å². The highest BCUT2D eigenvalue weighted by Gasteiger charge is 2.22. The molecule has 0 bridgehead atoms. The van der Waals surface area contributed by atoms with E-state index in [9.17, 15) is 18.4 Å². The number of amides is 1. The van der Waals surface area contributed by atoms with Crippen LogP contribution in [0.3, 0.4) is 0 Å². The molecule has 1 unspecified atom stereocenters. The van der Waals surface area contributed by atoms with Gasteiger partial charge in [-0.25, -0.2) is 13.6 Å². The van der Waals surface area contributed by atoms with Crippen LogP contribution in [0.2, 0.25) is 0 Å². The minimum absolute atomic E-state index is 0.372. The van der Waals surface area contributed by atoms with Crippen molar-refractivity contribution in [2.24, 2.45) is 0 Å². The lowest BCUT2D eigenvalue weighted by Crippen LogP contribution is -2.36. The van der Waals surface area contributed by atoms with Crippen molar-refractivity contribution < 1.29 is 23.1 Å². The maximum atomic E-state index is 13.5. The fourth-order valence-electron chi connectivity index (χ4n) is 1.53. The monoisotopic (exact) mass is 300 g/mol. The second-order valence-corrected chi connectivity index (χ2v) is 4.55. The third kappa shape index (κ3) is 4.70. The van der Waals surface area contributed by atoms with Crippen molar-refractivity contribution in [3.63, 3.8) is 0 Å². The number of benzene rings is 1. The van der Waals surface area contributed by atoms with Gasteiger partial charge >= 0.3 is 5.97 Å². The summed E-state index contributed by atoms with van der Waals surface area (Å²) in [5.41, 5.74) is 4.39. The second-order valence-electron chi connectivity index (χ2n) is 4.55. The predicted octanol–water partition coefficient (Wildman–Crippen LogP) is 2.01. The maximum Gasteiger partial charge on any atom is 0.341 e. The summed E-state index contributed by atoms with van der Waals surface area (Å²) in [4.78, 5) is 23.4. The van der Waals surface area contributed by atoms with Crippen molar-refractivity contribution in [3.05, 3.63) is 29.3 Å². The van der Waals surface area contributed by atoms with Crippen LogP contribution in [0.15, 0.2) is 12.1 Å². The van der Waals surface area contributed by atoms with E-state index in [0.29, 0.717) is 12.6 Å². The first-order valence-corrected chi connectivity index (χ1v) is 6.60. The number of ether oxygens (including phenoxy) is 1. The van der Waals surface area contributed by atoms with E-state index in [1.54, 1.807) is 0 Å². The number of hydrogen-bond donors (Lipinski definition) is 2. The molecule has 1 atom stereocenters. The van der Waals surface area contributed by atoms with Gasteiger partial charge in [-0.1, -0.05) is 13.3 Å². The Balaban J connectivity index is 2.68. The number of hydrogen-bond acceptors (Lipinski definition) is 4. The molecule has 0 heterocycles. The molecule has 0 aliphatic rings. The van der Waals surface area contributed by atoms with Gasteiger partial charge in [-0.15, -0.1) is 0 Å².